The first-order valence-electron chi connectivity index (χ1n) is 8.74. The van der Waals surface area contributed by atoms with E-state index in [1.807, 2.05) is 37.3 Å². The van der Waals surface area contributed by atoms with Gasteiger partial charge in [-0.05, 0) is 25.1 Å². The smallest absolute Gasteiger partial charge is 0.286 e. The number of aryl methyl sites for hydroxylation is 1. The van der Waals surface area contributed by atoms with Crippen LogP contribution in [0.1, 0.15) is 11.4 Å². The summed E-state index contributed by atoms with van der Waals surface area (Å²) in [7, 11) is 0. The lowest BCUT2D eigenvalue weighted by atomic mass is 10.3. The van der Waals surface area contributed by atoms with Crippen molar-refractivity contribution >= 4 is 44.3 Å². The molecule has 2 N–H and O–H groups in total. The quantitative estimate of drug-likeness (QED) is 0.340. The number of para-hydroxylation sites is 1. The van der Waals surface area contributed by atoms with Crippen LogP contribution in [0.25, 0.3) is 26.4 Å². The fourth-order valence-electron chi connectivity index (χ4n) is 2.99. The van der Waals surface area contributed by atoms with Crippen LogP contribution in [0, 0.1) is 6.92 Å². The average molecular weight is 422 g/mol. The molecule has 10 heteroatoms. The van der Waals surface area contributed by atoms with Crippen molar-refractivity contribution in [3.63, 3.8) is 0 Å². The zero-order valence-corrected chi connectivity index (χ0v) is 16.8. The Bertz CT molecular complexity index is 1450. The fourth-order valence-corrected chi connectivity index (χ4v) is 4.70. The maximum atomic E-state index is 12.8. The minimum atomic E-state index is -0.415. The number of aromatic nitrogens is 6. The van der Waals surface area contributed by atoms with E-state index in [0.717, 1.165) is 15.9 Å². The number of rotatable bonds is 4. The van der Waals surface area contributed by atoms with Crippen molar-refractivity contribution in [3.8, 4) is 5.13 Å². The maximum Gasteiger partial charge on any atom is 0.286 e. The third-order valence-corrected chi connectivity index (χ3v) is 6.26. The summed E-state index contributed by atoms with van der Waals surface area (Å²) in [5.74, 6) is 0.475. The van der Waals surface area contributed by atoms with Gasteiger partial charge in [0.15, 0.2) is 10.6 Å². The van der Waals surface area contributed by atoms with Gasteiger partial charge in [-0.2, -0.15) is 4.68 Å². The minimum Gasteiger partial charge on any atom is -0.343 e. The normalized spacial score (nSPS) is 11.5. The molecule has 0 bridgehead atoms. The molecule has 0 aliphatic heterocycles. The van der Waals surface area contributed by atoms with Crippen molar-refractivity contribution in [1.82, 2.24) is 29.7 Å². The number of benzene rings is 1. The van der Waals surface area contributed by atoms with Gasteiger partial charge in [0.1, 0.15) is 11.0 Å². The molecule has 0 amide bonds. The molecule has 0 aliphatic carbocycles. The van der Waals surface area contributed by atoms with Crippen molar-refractivity contribution in [2.45, 2.75) is 17.8 Å². The Morgan fingerprint density at radius 1 is 1.17 bits per heavy atom. The van der Waals surface area contributed by atoms with Crippen LogP contribution >= 0.6 is 23.1 Å². The molecule has 0 atom stereocenters. The van der Waals surface area contributed by atoms with Crippen molar-refractivity contribution in [2.75, 3.05) is 0 Å². The van der Waals surface area contributed by atoms with E-state index in [2.05, 4.69) is 25.0 Å². The molecule has 0 saturated heterocycles. The summed E-state index contributed by atoms with van der Waals surface area (Å²) in [6.45, 7) is 1.90. The van der Waals surface area contributed by atoms with Crippen LogP contribution in [0.5, 0.6) is 0 Å². The molecule has 29 heavy (non-hydrogen) atoms. The summed E-state index contributed by atoms with van der Waals surface area (Å²) in [6.07, 6.45) is 1.70. The molecule has 5 aromatic rings. The van der Waals surface area contributed by atoms with Crippen LogP contribution in [-0.4, -0.2) is 29.7 Å². The van der Waals surface area contributed by atoms with Gasteiger partial charge in [0, 0.05) is 29.4 Å². The van der Waals surface area contributed by atoms with Crippen LogP contribution in [-0.2, 0) is 5.75 Å². The molecule has 4 aromatic heterocycles. The van der Waals surface area contributed by atoms with Gasteiger partial charge in [-0.15, -0.1) is 0 Å². The molecule has 1 aromatic carbocycles. The van der Waals surface area contributed by atoms with E-state index in [-0.39, 0.29) is 10.8 Å². The van der Waals surface area contributed by atoms with Crippen molar-refractivity contribution in [1.29, 1.82) is 0 Å². The average Bonchev–Trinajstić information content (AvgIpc) is 3.27. The third kappa shape index (κ3) is 3.26. The van der Waals surface area contributed by atoms with E-state index in [1.54, 1.807) is 6.20 Å². The lowest BCUT2D eigenvalue weighted by Crippen LogP contribution is -2.18. The van der Waals surface area contributed by atoms with Crippen molar-refractivity contribution in [2.24, 2.45) is 0 Å². The van der Waals surface area contributed by atoms with Gasteiger partial charge in [0.05, 0.1) is 10.2 Å². The highest BCUT2D eigenvalue weighted by Crippen LogP contribution is 2.24. The van der Waals surface area contributed by atoms with Gasteiger partial charge >= 0.3 is 0 Å². The van der Waals surface area contributed by atoms with E-state index in [0.29, 0.717) is 27.4 Å². The predicted octanol–water partition coefficient (Wildman–Crippen LogP) is 3.01. The number of hydrogen-bond acceptors (Lipinski definition) is 7. The second kappa shape index (κ2) is 6.98. The van der Waals surface area contributed by atoms with E-state index >= 15 is 0 Å². The lowest BCUT2D eigenvalue weighted by Gasteiger charge is -2.02. The predicted molar refractivity (Wildman–Crippen MR) is 114 cm³/mol. The van der Waals surface area contributed by atoms with Crippen LogP contribution < -0.4 is 11.0 Å². The Morgan fingerprint density at radius 2 is 2.03 bits per heavy atom. The molecule has 0 fully saturated rings. The number of hydrogen-bond donors (Lipinski definition) is 2. The third-order valence-electron chi connectivity index (χ3n) is 4.33. The molecule has 5 rings (SSSR count). The number of thiazole rings is 1. The van der Waals surface area contributed by atoms with E-state index in [4.69, 9.17) is 0 Å². The molecule has 144 valence electrons. The van der Waals surface area contributed by atoms with Crippen LogP contribution in [0.15, 0.2) is 57.3 Å². The van der Waals surface area contributed by atoms with Crippen LogP contribution in [0.3, 0.4) is 0 Å². The number of fused-ring (bicyclic) bond motifs is 2. The molecular formula is C19H14N6O2S2. The molecule has 0 radical (unpaired) electrons. The number of aromatic amines is 2. The molecule has 8 nitrogen and oxygen atoms in total. The second-order valence-electron chi connectivity index (χ2n) is 6.39. The molecule has 0 aliphatic rings. The summed E-state index contributed by atoms with van der Waals surface area (Å²) in [5, 5.41) is 4.19. The molecular weight excluding hydrogens is 408 g/mol. The zero-order valence-electron chi connectivity index (χ0n) is 15.2. The zero-order chi connectivity index (χ0) is 20.0. The number of H-pyrrole nitrogens is 2. The van der Waals surface area contributed by atoms with Gasteiger partial charge in [-0.3, -0.25) is 14.7 Å². The second-order valence-corrected chi connectivity index (χ2v) is 8.35. The molecule has 0 saturated carbocycles. The summed E-state index contributed by atoms with van der Waals surface area (Å²) in [5.41, 5.74) is 1.99. The van der Waals surface area contributed by atoms with Gasteiger partial charge in [0.25, 0.3) is 5.56 Å². The molecule has 4 heterocycles. The molecule has 0 unspecified atom stereocenters. The summed E-state index contributed by atoms with van der Waals surface area (Å²) >= 11 is 2.80. The van der Waals surface area contributed by atoms with Crippen LogP contribution in [0.4, 0.5) is 0 Å². The van der Waals surface area contributed by atoms with Crippen molar-refractivity contribution in [3.05, 3.63) is 74.6 Å². The highest BCUT2D eigenvalue weighted by molar-refractivity contribution is 7.98. The Morgan fingerprint density at radius 3 is 2.86 bits per heavy atom. The first kappa shape index (κ1) is 17.8. The van der Waals surface area contributed by atoms with Crippen LogP contribution in [0.2, 0.25) is 0 Å². The van der Waals surface area contributed by atoms with E-state index < -0.39 is 5.56 Å². The SMILES string of the molecule is Cc1ccnc(SCc2cc(=O)c3c(=O)n(-c4nc5ccccc5s4)[nH]c3[nH]2)n1. The standard InChI is InChI=1S/C19H14N6O2S2/c1-10-6-7-20-18(21-10)28-9-11-8-13(26)15-16(22-11)24-25(17(15)27)19-23-12-4-2-3-5-14(12)29-19/h2-8H,9H2,1H3,(H2,22,24,26). The Labute approximate surface area is 171 Å². The summed E-state index contributed by atoms with van der Waals surface area (Å²) in [4.78, 5) is 41.6. The Balaban J connectivity index is 1.53. The van der Waals surface area contributed by atoms with E-state index in [9.17, 15) is 9.59 Å². The highest BCUT2D eigenvalue weighted by Gasteiger charge is 2.16. The number of nitrogens with one attached hydrogen (secondary N) is 2. The number of nitrogens with zero attached hydrogens (tertiary/aromatic N) is 4. The first-order valence-corrected chi connectivity index (χ1v) is 10.5. The Hall–Kier alpha value is -3.24. The fraction of sp³-hybridized carbons (Fsp3) is 0.105. The lowest BCUT2D eigenvalue weighted by molar-refractivity contribution is 0.850. The monoisotopic (exact) mass is 422 g/mol. The minimum absolute atomic E-state index is 0.0878. The highest BCUT2D eigenvalue weighted by atomic mass is 32.2. The topological polar surface area (TPSA) is 109 Å². The maximum absolute atomic E-state index is 12.8. The summed E-state index contributed by atoms with van der Waals surface area (Å²) < 4.78 is 2.28. The first-order chi connectivity index (χ1) is 14.1. The van der Waals surface area contributed by atoms with Gasteiger partial charge in [0.2, 0.25) is 5.13 Å². The number of pyridine rings is 1. The van der Waals surface area contributed by atoms with Crippen molar-refractivity contribution < 1.29 is 0 Å². The van der Waals surface area contributed by atoms with Gasteiger partial charge in [-0.25, -0.2) is 15.0 Å². The Kier molecular flexibility index (Phi) is 4.29. The van der Waals surface area contributed by atoms with Gasteiger partial charge < -0.3 is 4.98 Å². The largest absolute Gasteiger partial charge is 0.343 e. The number of thioether (sulfide) groups is 1. The van der Waals surface area contributed by atoms with E-state index in [1.165, 1.54) is 33.8 Å². The summed E-state index contributed by atoms with van der Waals surface area (Å²) in [6, 6.07) is 10.9. The van der Waals surface area contributed by atoms with Gasteiger partial charge in [-0.1, -0.05) is 35.2 Å². The molecule has 0 spiro atoms.